The molecule has 3 aliphatic rings. The molecule has 1 N–H and O–H groups in total. The zero-order valence-corrected chi connectivity index (χ0v) is 13.6. The van der Waals surface area contributed by atoms with Crippen LogP contribution in [0.3, 0.4) is 0 Å². The zero-order valence-electron chi connectivity index (χ0n) is 13.6. The van der Waals surface area contributed by atoms with Gasteiger partial charge in [-0.05, 0) is 63.3 Å². The summed E-state index contributed by atoms with van der Waals surface area (Å²) in [6.45, 7) is 5.09. The van der Waals surface area contributed by atoms with Crippen molar-refractivity contribution in [2.75, 3.05) is 26.7 Å². The lowest BCUT2D eigenvalue weighted by Gasteiger charge is -2.37. The molecule has 3 rings (SSSR count). The highest BCUT2D eigenvalue weighted by molar-refractivity contribution is 5.82. The molecule has 4 nitrogen and oxygen atoms in total. The third-order valence-electron chi connectivity index (χ3n) is 5.22. The van der Waals surface area contributed by atoms with Gasteiger partial charge in [0.2, 0.25) is 0 Å². The smallest absolute Gasteiger partial charge is 0.327 e. The molecule has 0 aromatic heterocycles. The molecule has 4 heteroatoms. The monoisotopic (exact) mass is 294 g/mol. The number of rotatable bonds is 10. The summed E-state index contributed by atoms with van der Waals surface area (Å²) < 4.78 is 5.21. The van der Waals surface area contributed by atoms with Gasteiger partial charge in [0.15, 0.2) is 0 Å². The molecule has 3 aliphatic carbocycles. The SMILES string of the molecule is CCCNC(CN(CC1CC1)C1CC1)(C(=O)OC)C1CC1. The molecule has 0 aromatic carbocycles. The fourth-order valence-corrected chi connectivity index (χ4v) is 3.47. The first-order chi connectivity index (χ1) is 10.2. The molecule has 0 aromatic rings. The van der Waals surface area contributed by atoms with E-state index in [1.165, 1.54) is 39.3 Å². The number of hydrogen-bond donors (Lipinski definition) is 1. The Hall–Kier alpha value is -0.610. The fourth-order valence-electron chi connectivity index (χ4n) is 3.47. The van der Waals surface area contributed by atoms with Gasteiger partial charge in [0.05, 0.1) is 7.11 Å². The van der Waals surface area contributed by atoms with E-state index in [4.69, 9.17) is 4.74 Å². The molecule has 0 radical (unpaired) electrons. The molecule has 0 aliphatic heterocycles. The van der Waals surface area contributed by atoms with Crippen LogP contribution >= 0.6 is 0 Å². The summed E-state index contributed by atoms with van der Waals surface area (Å²) in [4.78, 5) is 15.2. The van der Waals surface area contributed by atoms with Crippen molar-refractivity contribution in [3.63, 3.8) is 0 Å². The van der Waals surface area contributed by atoms with Gasteiger partial charge < -0.3 is 10.1 Å². The van der Waals surface area contributed by atoms with Crippen LogP contribution in [0.2, 0.25) is 0 Å². The third kappa shape index (κ3) is 3.59. The number of nitrogens with one attached hydrogen (secondary N) is 1. The second kappa shape index (κ2) is 6.25. The first kappa shape index (κ1) is 15.3. The lowest BCUT2D eigenvalue weighted by atomic mass is 9.91. The van der Waals surface area contributed by atoms with Gasteiger partial charge in [0.25, 0.3) is 0 Å². The van der Waals surface area contributed by atoms with Gasteiger partial charge in [0.1, 0.15) is 5.54 Å². The normalized spacial score (nSPS) is 24.9. The molecule has 1 atom stereocenters. The highest BCUT2D eigenvalue weighted by Gasteiger charge is 2.53. The average molecular weight is 294 g/mol. The summed E-state index contributed by atoms with van der Waals surface area (Å²) >= 11 is 0. The van der Waals surface area contributed by atoms with E-state index in [1.807, 2.05) is 0 Å². The van der Waals surface area contributed by atoms with Crippen molar-refractivity contribution in [3.05, 3.63) is 0 Å². The first-order valence-electron chi connectivity index (χ1n) is 8.77. The number of carbonyl (C=O) groups excluding carboxylic acids is 1. The molecular formula is C17H30N2O2. The van der Waals surface area contributed by atoms with Crippen molar-refractivity contribution in [1.29, 1.82) is 0 Å². The maximum absolute atomic E-state index is 12.6. The number of carbonyl (C=O) groups is 1. The number of hydrogen-bond acceptors (Lipinski definition) is 4. The second-order valence-corrected chi connectivity index (χ2v) is 7.27. The Labute approximate surface area is 128 Å². The maximum atomic E-state index is 12.6. The Morgan fingerprint density at radius 1 is 1.24 bits per heavy atom. The standard InChI is InChI=1S/C17H30N2O2/c1-3-10-18-17(14-6-7-14,16(20)21-2)12-19(15-8-9-15)11-13-4-5-13/h13-15,18H,3-12H2,1-2H3. The molecule has 21 heavy (non-hydrogen) atoms. The molecule has 0 saturated heterocycles. The zero-order chi connectivity index (χ0) is 14.9. The molecule has 0 amide bonds. The summed E-state index contributed by atoms with van der Waals surface area (Å²) in [5, 5.41) is 3.59. The van der Waals surface area contributed by atoms with Crippen molar-refractivity contribution in [2.24, 2.45) is 11.8 Å². The van der Waals surface area contributed by atoms with E-state index in [2.05, 4.69) is 17.1 Å². The predicted octanol–water partition coefficient (Wildman–Crippen LogP) is 2.18. The lowest BCUT2D eigenvalue weighted by Crippen LogP contribution is -2.62. The maximum Gasteiger partial charge on any atom is 0.327 e. The Morgan fingerprint density at radius 2 is 1.95 bits per heavy atom. The van der Waals surface area contributed by atoms with E-state index >= 15 is 0 Å². The van der Waals surface area contributed by atoms with Crippen LogP contribution in [0.5, 0.6) is 0 Å². The minimum Gasteiger partial charge on any atom is -0.468 e. The summed E-state index contributed by atoms with van der Waals surface area (Å²) in [5.41, 5.74) is -0.456. The second-order valence-electron chi connectivity index (χ2n) is 7.27. The van der Waals surface area contributed by atoms with E-state index in [0.29, 0.717) is 5.92 Å². The number of esters is 1. The van der Waals surface area contributed by atoms with Crippen molar-refractivity contribution >= 4 is 5.97 Å². The van der Waals surface area contributed by atoms with Crippen LogP contribution in [0, 0.1) is 11.8 Å². The highest BCUT2D eigenvalue weighted by Crippen LogP contribution is 2.43. The van der Waals surface area contributed by atoms with Gasteiger partial charge in [-0.15, -0.1) is 0 Å². The van der Waals surface area contributed by atoms with E-state index in [1.54, 1.807) is 0 Å². The quantitative estimate of drug-likeness (QED) is 0.627. The van der Waals surface area contributed by atoms with E-state index in [0.717, 1.165) is 44.3 Å². The van der Waals surface area contributed by atoms with Crippen LogP contribution in [0.15, 0.2) is 0 Å². The molecule has 1 unspecified atom stereocenters. The van der Waals surface area contributed by atoms with Crippen LogP contribution in [-0.4, -0.2) is 49.2 Å². The number of methoxy groups -OCH3 is 1. The van der Waals surface area contributed by atoms with Crippen molar-refractivity contribution in [1.82, 2.24) is 10.2 Å². The summed E-state index contributed by atoms with van der Waals surface area (Å²) in [7, 11) is 1.54. The van der Waals surface area contributed by atoms with E-state index in [-0.39, 0.29) is 5.97 Å². The predicted molar refractivity (Wildman–Crippen MR) is 83.1 cm³/mol. The Morgan fingerprint density at radius 3 is 2.43 bits per heavy atom. The van der Waals surface area contributed by atoms with E-state index in [9.17, 15) is 4.79 Å². The Kier molecular flexibility index (Phi) is 4.55. The van der Waals surface area contributed by atoms with Crippen molar-refractivity contribution in [3.8, 4) is 0 Å². The van der Waals surface area contributed by atoms with Crippen LogP contribution in [-0.2, 0) is 9.53 Å². The molecule has 3 saturated carbocycles. The number of nitrogens with zero attached hydrogens (tertiary/aromatic N) is 1. The van der Waals surface area contributed by atoms with Crippen LogP contribution < -0.4 is 5.32 Å². The summed E-state index contributed by atoms with van der Waals surface area (Å²) in [6.07, 6.45) is 8.74. The van der Waals surface area contributed by atoms with Gasteiger partial charge in [-0.3, -0.25) is 4.90 Å². The summed E-state index contributed by atoms with van der Waals surface area (Å²) in [5.74, 6) is 1.31. The van der Waals surface area contributed by atoms with Gasteiger partial charge in [-0.1, -0.05) is 6.92 Å². The van der Waals surface area contributed by atoms with Crippen molar-refractivity contribution in [2.45, 2.75) is 63.5 Å². The lowest BCUT2D eigenvalue weighted by molar-refractivity contribution is -0.151. The Balaban J connectivity index is 1.73. The van der Waals surface area contributed by atoms with E-state index < -0.39 is 5.54 Å². The number of ether oxygens (including phenoxy) is 1. The molecule has 0 heterocycles. The average Bonchev–Trinajstić information content (AvgIpc) is 3.31. The fraction of sp³-hybridized carbons (Fsp3) is 0.941. The van der Waals surface area contributed by atoms with Gasteiger partial charge in [-0.2, -0.15) is 0 Å². The topological polar surface area (TPSA) is 41.6 Å². The molecule has 0 bridgehead atoms. The van der Waals surface area contributed by atoms with Gasteiger partial charge in [-0.25, -0.2) is 4.79 Å². The van der Waals surface area contributed by atoms with Crippen LogP contribution in [0.25, 0.3) is 0 Å². The summed E-state index contributed by atoms with van der Waals surface area (Å²) in [6, 6.07) is 0.719. The molecule has 0 spiro atoms. The van der Waals surface area contributed by atoms with Crippen LogP contribution in [0.1, 0.15) is 51.9 Å². The largest absolute Gasteiger partial charge is 0.468 e. The molecular weight excluding hydrogens is 264 g/mol. The Bertz CT molecular complexity index is 375. The first-order valence-corrected chi connectivity index (χ1v) is 8.77. The minimum atomic E-state index is -0.456. The van der Waals surface area contributed by atoms with Gasteiger partial charge >= 0.3 is 5.97 Å². The molecule has 120 valence electrons. The molecule has 3 fully saturated rings. The third-order valence-corrected chi connectivity index (χ3v) is 5.22. The van der Waals surface area contributed by atoms with Crippen LogP contribution in [0.4, 0.5) is 0 Å². The minimum absolute atomic E-state index is 0.0418. The van der Waals surface area contributed by atoms with Crippen molar-refractivity contribution < 1.29 is 9.53 Å². The highest BCUT2D eigenvalue weighted by atomic mass is 16.5. The van der Waals surface area contributed by atoms with Gasteiger partial charge in [0, 0.05) is 19.1 Å².